The summed E-state index contributed by atoms with van der Waals surface area (Å²) in [6.45, 7) is 0.560. The lowest BCUT2D eigenvalue weighted by Gasteiger charge is -2.01. The summed E-state index contributed by atoms with van der Waals surface area (Å²) in [5, 5.41) is 11.2. The zero-order valence-electron chi connectivity index (χ0n) is 11.3. The van der Waals surface area contributed by atoms with Gasteiger partial charge in [-0.1, -0.05) is 18.6 Å². The summed E-state index contributed by atoms with van der Waals surface area (Å²) in [4.78, 5) is 21.8. The lowest BCUT2D eigenvalue weighted by atomic mass is 10.2. The standard InChI is InChI=1S/C15H20N2O3/c16-13-8-5-12(6-9-13)7-10-14(18)17-11-3-1-2-4-15(19)20/h5-10H,1-4,11,16H2,(H,17,18)(H,19,20)/b10-7+. The van der Waals surface area contributed by atoms with Crippen LogP contribution < -0.4 is 11.1 Å². The number of hydrogen-bond donors (Lipinski definition) is 3. The molecular weight excluding hydrogens is 256 g/mol. The van der Waals surface area contributed by atoms with Gasteiger partial charge in [0, 0.05) is 24.7 Å². The minimum atomic E-state index is -0.777. The fraction of sp³-hybridized carbons (Fsp3) is 0.333. The van der Waals surface area contributed by atoms with Crippen LogP contribution in [0.15, 0.2) is 30.3 Å². The highest BCUT2D eigenvalue weighted by molar-refractivity contribution is 5.91. The predicted molar refractivity (Wildman–Crippen MR) is 79.0 cm³/mol. The highest BCUT2D eigenvalue weighted by Crippen LogP contribution is 2.06. The van der Waals surface area contributed by atoms with E-state index < -0.39 is 5.97 Å². The van der Waals surface area contributed by atoms with E-state index in [1.807, 2.05) is 12.1 Å². The molecule has 20 heavy (non-hydrogen) atoms. The second-order valence-corrected chi connectivity index (χ2v) is 4.50. The van der Waals surface area contributed by atoms with Crippen molar-refractivity contribution in [2.75, 3.05) is 12.3 Å². The van der Waals surface area contributed by atoms with Crippen LogP contribution in [0.2, 0.25) is 0 Å². The number of amides is 1. The molecule has 0 aliphatic carbocycles. The lowest BCUT2D eigenvalue weighted by molar-refractivity contribution is -0.137. The minimum absolute atomic E-state index is 0.153. The number of nitrogens with two attached hydrogens (primary N) is 1. The van der Waals surface area contributed by atoms with Crippen molar-refractivity contribution in [2.45, 2.75) is 25.7 Å². The van der Waals surface area contributed by atoms with Gasteiger partial charge in [0.2, 0.25) is 5.91 Å². The maximum Gasteiger partial charge on any atom is 0.303 e. The van der Waals surface area contributed by atoms with Crippen LogP contribution in [0.4, 0.5) is 5.69 Å². The Morgan fingerprint density at radius 2 is 1.85 bits per heavy atom. The van der Waals surface area contributed by atoms with Gasteiger partial charge in [0.05, 0.1) is 0 Å². The van der Waals surface area contributed by atoms with Gasteiger partial charge >= 0.3 is 5.97 Å². The summed E-state index contributed by atoms with van der Waals surface area (Å²) < 4.78 is 0. The first-order valence-corrected chi connectivity index (χ1v) is 6.61. The van der Waals surface area contributed by atoms with Gasteiger partial charge in [-0.05, 0) is 36.6 Å². The minimum Gasteiger partial charge on any atom is -0.481 e. The zero-order valence-corrected chi connectivity index (χ0v) is 11.3. The highest BCUT2D eigenvalue weighted by atomic mass is 16.4. The molecule has 0 atom stereocenters. The number of aliphatic carboxylic acids is 1. The number of rotatable bonds is 8. The Hall–Kier alpha value is -2.30. The number of benzene rings is 1. The molecular formula is C15H20N2O3. The molecule has 108 valence electrons. The molecule has 0 aliphatic heterocycles. The molecule has 4 N–H and O–H groups in total. The topological polar surface area (TPSA) is 92.4 Å². The SMILES string of the molecule is Nc1ccc(/C=C/C(=O)NCCCCCC(=O)O)cc1. The van der Waals surface area contributed by atoms with Crippen molar-refractivity contribution >= 4 is 23.6 Å². The molecule has 0 heterocycles. The monoisotopic (exact) mass is 276 g/mol. The summed E-state index contributed by atoms with van der Waals surface area (Å²) in [6, 6.07) is 7.23. The van der Waals surface area contributed by atoms with Gasteiger partial charge in [-0.3, -0.25) is 9.59 Å². The summed E-state index contributed by atoms with van der Waals surface area (Å²) in [6.07, 6.45) is 5.61. The number of anilines is 1. The van der Waals surface area contributed by atoms with E-state index in [0.29, 0.717) is 18.7 Å². The van der Waals surface area contributed by atoms with Crippen molar-refractivity contribution in [1.29, 1.82) is 0 Å². The highest BCUT2D eigenvalue weighted by Gasteiger charge is 1.98. The molecule has 0 spiro atoms. The number of carbonyl (C=O) groups is 2. The molecule has 0 aliphatic rings. The third kappa shape index (κ3) is 7.20. The van der Waals surface area contributed by atoms with Crippen LogP contribution in [0.5, 0.6) is 0 Å². The first-order valence-electron chi connectivity index (χ1n) is 6.61. The van der Waals surface area contributed by atoms with E-state index >= 15 is 0 Å². The smallest absolute Gasteiger partial charge is 0.303 e. The second kappa shape index (κ2) is 8.74. The number of carbonyl (C=O) groups excluding carboxylic acids is 1. The van der Waals surface area contributed by atoms with Crippen molar-refractivity contribution < 1.29 is 14.7 Å². The van der Waals surface area contributed by atoms with Crippen LogP contribution in [0.25, 0.3) is 6.08 Å². The molecule has 0 radical (unpaired) electrons. The maximum atomic E-state index is 11.5. The van der Waals surface area contributed by atoms with E-state index in [4.69, 9.17) is 10.8 Å². The number of nitrogens with one attached hydrogen (secondary N) is 1. The van der Waals surface area contributed by atoms with E-state index in [0.717, 1.165) is 18.4 Å². The number of carboxylic acids is 1. The third-order valence-electron chi connectivity index (χ3n) is 2.73. The van der Waals surface area contributed by atoms with Crippen molar-refractivity contribution in [3.8, 4) is 0 Å². The molecule has 0 saturated carbocycles. The molecule has 0 aromatic heterocycles. The van der Waals surface area contributed by atoms with Gasteiger partial charge in [0.1, 0.15) is 0 Å². The number of hydrogen-bond acceptors (Lipinski definition) is 3. The molecule has 5 nitrogen and oxygen atoms in total. The summed E-state index contributed by atoms with van der Waals surface area (Å²) in [5.41, 5.74) is 7.17. The van der Waals surface area contributed by atoms with Crippen molar-refractivity contribution in [1.82, 2.24) is 5.32 Å². The van der Waals surface area contributed by atoms with Gasteiger partial charge in [-0.25, -0.2) is 0 Å². The number of carboxylic acid groups (broad SMARTS) is 1. The van der Waals surface area contributed by atoms with Gasteiger partial charge in [0.15, 0.2) is 0 Å². The Kier molecular flexibility index (Phi) is 6.89. The van der Waals surface area contributed by atoms with Gasteiger partial charge < -0.3 is 16.2 Å². The number of nitrogen functional groups attached to an aromatic ring is 1. The van der Waals surface area contributed by atoms with E-state index in [1.165, 1.54) is 6.08 Å². The average Bonchev–Trinajstić information content (AvgIpc) is 2.41. The largest absolute Gasteiger partial charge is 0.481 e. The Bertz CT molecular complexity index is 467. The predicted octanol–water partition coefficient (Wildman–Crippen LogP) is 2.04. The Morgan fingerprint density at radius 3 is 2.50 bits per heavy atom. The first kappa shape index (κ1) is 15.8. The lowest BCUT2D eigenvalue weighted by Crippen LogP contribution is -2.22. The van der Waals surface area contributed by atoms with Gasteiger partial charge in [-0.15, -0.1) is 0 Å². The van der Waals surface area contributed by atoms with E-state index in [2.05, 4.69) is 5.32 Å². The molecule has 1 rings (SSSR count). The maximum absolute atomic E-state index is 11.5. The van der Waals surface area contributed by atoms with Crippen molar-refractivity contribution in [3.05, 3.63) is 35.9 Å². The summed E-state index contributed by atoms with van der Waals surface area (Å²) in [7, 11) is 0. The second-order valence-electron chi connectivity index (χ2n) is 4.50. The van der Waals surface area contributed by atoms with E-state index in [9.17, 15) is 9.59 Å². The molecule has 1 aromatic rings. The van der Waals surface area contributed by atoms with E-state index in [1.54, 1.807) is 18.2 Å². The van der Waals surface area contributed by atoms with Crippen LogP contribution in [0.3, 0.4) is 0 Å². The quantitative estimate of drug-likeness (QED) is 0.385. The summed E-state index contributed by atoms with van der Waals surface area (Å²) >= 11 is 0. The number of unbranched alkanes of at least 4 members (excludes halogenated alkanes) is 2. The first-order chi connectivity index (χ1) is 9.58. The zero-order chi connectivity index (χ0) is 14.8. The van der Waals surface area contributed by atoms with Crippen molar-refractivity contribution in [3.63, 3.8) is 0 Å². The normalized spacial score (nSPS) is 10.6. The molecule has 1 amide bonds. The Balaban J connectivity index is 2.17. The van der Waals surface area contributed by atoms with Crippen LogP contribution in [0.1, 0.15) is 31.2 Å². The Labute approximate surface area is 118 Å². The average molecular weight is 276 g/mol. The van der Waals surface area contributed by atoms with Gasteiger partial charge in [-0.2, -0.15) is 0 Å². The molecule has 0 unspecified atom stereocenters. The molecule has 5 heteroatoms. The van der Waals surface area contributed by atoms with Crippen LogP contribution in [-0.4, -0.2) is 23.5 Å². The summed E-state index contributed by atoms with van der Waals surface area (Å²) in [5.74, 6) is -0.930. The third-order valence-corrected chi connectivity index (χ3v) is 2.73. The fourth-order valence-electron chi connectivity index (χ4n) is 1.63. The molecule has 0 bridgehead atoms. The van der Waals surface area contributed by atoms with Crippen molar-refractivity contribution in [2.24, 2.45) is 0 Å². The molecule has 0 saturated heterocycles. The molecule has 0 fully saturated rings. The van der Waals surface area contributed by atoms with Crippen LogP contribution in [-0.2, 0) is 9.59 Å². The molecule has 1 aromatic carbocycles. The van der Waals surface area contributed by atoms with Crippen LogP contribution >= 0.6 is 0 Å². The van der Waals surface area contributed by atoms with E-state index in [-0.39, 0.29) is 12.3 Å². The van der Waals surface area contributed by atoms with Crippen LogP contribution in [0, 0.1) is 0 Å². The van der Waals surface area contributed by atoms with Gasteiger partial charge in [0.25, 0.3) is 0 Å². The fourth-order valence-corrected chi connectivity index (χ4v) is 1.63. The Morgan fingerprint density at radius 1 is 1.15 bits per heavy atom.